The third kappa shape index (κ3) is 2.88. The smallest absolute Gasteiger partial charge is 0.245 e. The number of carbonyl (C=O) groups excluding carboxylic acids is 1. The van der Waals surface area contributed by atoms with Gasteiger partial charge < -0.3 is 9.64 Å². The normalized spacial score (nSPS) is 19.4. The molecule has 0 saturated carbocycles. The maximum atomic E-state index is 11.9. The summed E-state index contributed by atoms with van der Waals surface area (Å²) in [6.07, 6.45) is 2.45. The summed E-state index contributed by atoms with van der Waals surface area (Å²) in [6, 6.07) is 5.46. The second-order valence-electron chi connectivity index (χ2n) is 4.26. The van der Waals surface area contributed by atoms with Gasteiger partial charge in [0.25, 0.3) is 0 Å². The second kappa shape index (κ2) is 5.85. The highest BCUT2D eigenvalue weighted by molar-refractivity contribution is 6.33. The Kier molecular flexibility index (Phi) is 4.38. The van der Waals surface area contributed by atoms with Crippen LogP contribution in [0.25, 0.3) is 5.70 Å². The lowest BCUT2D eigenvalue weighted by atomic mass is 10.0. The molecule has 0 saturated heterocycles. The van der Waals surface area contributed by atoms with Crippen molar-refractivity contribution in [1.82, 2.24) is 4.90 Å². The molecule has 1 atom stereocenters. The van der Waals surface area contributed by atoms with Crippen LogP contribution in [-0.2, 0) is 4.79 Å². The molecule has 3 nitrogen and oxygen atoms in total. The van der Waals surface area contributed by atoms with Crippen LogP contribution in [-0.4, -0.2) is 29.8 Å². The molecule has 0 aliphatic carbocycles. The van der Waals surface area contributed by atoms with E-state index < -0.39 is 5.38 Å². The van der Waals surface area contributed by atoms with E-state index in [0.717, 1.165) is 17.0 Å². The average molecular weight is 300 g/mol. The number of amides is 1. The SMILES string of the molecule is CCOc1ccc(C2=CCC(Cl)C(=O)N2C)c(Cl)c1. The van der Waals surface area contributed by atoms with Crippen molar-refractivity contribution in [3.05, 3.63) is 34.9 Å². The highest BCUT2D eigenvalue weighted by Gasteiger charge is 2.27. The number of nitrogens with zero attached hydrogens (tertiary/aromatic N) is 1. The van der Waals surface area contributed by atoms with E-state index in [-0.39, 0.29) is 5.91 Å². The maximum absolute atomic E-state index is 11.9. The van der Waals surface area contributed by atoms with Crippen molar-refractivity contribution in [3.8, 4) is 5.75 Å². The van der Waals surface area contributed by atoms with Gasteiger partial charge in [0.2, 0.25) is 5.91 Å². The monoisotopic (exact) mass is 299 g/mol. The molecule has 1 aromatic carbocycles. The quantitative estimate of drug-likeness (QED) is 0.799. The summed E-state index contributed by atoms with van der Waals surface area (Å²) in [5.41, 5.74) is 1.60. The van der Waals surface area contributed by atoms with E-state index in [4.69, 9.17) is 27.9 Å². The van der Waals surface area contributed by atoms with Gasteiger partial charge in [-0.3, -0.25) is 4.79 Å². The molecule has 0 spiro atoms. The van der Waals surface area contributed by atoms with Crippen LogP contribution in [0.5, 0.6) is 5.75 Å². The van der Waals surface area contributed by atoms with Crippen molar-refractivity contribution in [2.45, 2.75) is 18.7 Å². The van der Waals surface area contributed by atoms with E-state index >= 15 is 0 Å². The molecule has 0 radical (unpaired) electrons. The van der Waals surface area contributed by atoms with Gasteiger partial charge in [-0.2, -0.15) is 0 Å². The van der Waals surface area contributed by atoms with Gasteiger partial charge in [-0.05, 0) is 31.5 Å². The third-order valence-electron chi connectivity index (χ3n) is 3.01. The minimum Gasteiger partial charge on any atom is -0.494 e. The fourth-order valence-electron chi connectivity index (χ4n) is 2.03. The Labute approximate surface area is 122 Å². The third-order valence-corrected chi connectivity index (χ3v) is 3.68. The molecule has 5 heteroatoms. The van der Waals surface area contributed by atoms with Crippen LogP contribution in [0.2, 0.25) is 5.02 Å². The molecule has 0 fully saturated rings. The van der Waals surface area contributed by atoms with Gasteiger partial charge in [0.1, 0.15) is 11.1 Å². The van der Waals surface area contributed by atoms with Gasteiger partial charge in [-0.15, -0.1) is 11.6 Å². The summed E-state index contributed by atoms with van der Waals surface area (Å²) < 4.78 is 5.39. The number of hydrogen-bond acceptors (Lipinski definition) is 2. The lowest BCUT2D eigenvalue weighted by Crippen LogP contribution is -2.35. The van der Waals surface area contributed by atoms with Crippen LogP contribution in [0.15, 0.2) is 24.3 Å². The standard InChI is InChI=1S/C14H15Cl2NO2/c1-3-19-9-4-5-10(12(16)8-9)13-7-6-11(15)14(18)17(13)2/h4-5,7-8,11H,3,6H2,1-2H3. The largest absolute Gasteiger partial charge is 0.494 e. The van der Waals surface area contributed by atoms with Crippen LogP contribution >= 0.6 is 23.2 Å². The number of benzene rings is 1. The van der Waals surface area contributed by atoms with Gasteiger partial charge in [-0.1, -0.05) is 17.7 Å². The Bertz CT molecular complexity index is 528. The number of ether oxygens (including phenoxy) is 1. The predicted molar refractivity (Wildman–Crippen MR) is 77.6 cm³/mol. The molecule has 1 amide bonds. The molecule has 102 valence electrons. The summed E-state index contributed by atoms with van der Waals surface area (Å²) in [4.78, 5) is 13.4. The van der Waals surface area contributed by atoms with Gasteiger partial charge >= 0.3 is 0 Å². The van der Waals surface area contributed by atoms with Crippen molar-refractivity contribution >= 4 is 34.8 Å². The molecular formula is C14H15Cl2NO2. The summed E-state index contributed by atoms with van der Waals surface area (Å²) in [5, 5.41) is 0.0695. The van der Waals surface area contributed by atoms with Gasteiger partial charge in [-0.25, -0.2) is 0 Å². The lowest BCUT2D eigenvalue weighted by molar-refractivity contribution is -0.126. The molecule has 1 unspecified atom stereocenters. The Balaban J connectivity index is 2.34. The van der Waals surface area contributed by atoms with E-state index in [1.165, 1.54) is 0 Å². The van der Waals surface area contributed by atoms with Crippen molar-refractivity contribution in [3.63, 3.8) is 0 Å². The highest BCUT2D eigenvalue weighted by Crippen LogP contribution is 2.33. The van der Waals surface area contributed by atoms with Crippen LogP contribution in [0.1, 0.15) is 18.9 Å². The molecule has 2 rings (SSSR count). The zero-order chi connectivity index (χ0) is 14.0. The molecule has 1 heterocycles. The molecule has 19 heavy (non-hydrogen) atoms. The molecule has 0 aromatic heterocycles. The van der Waals surface area contributed by atoms with Gasteiger partial charge in [0.05, 0.1) is 11.6 Å². The first kappa shape index (κ1) is 14.2. The summed E-state index contributed by atoms with van der Waals surface area (Å²) in [5.74, 6) is 0.612. The molecule has 0 N–H and O–H groups in total. The molecule has 0 bridgehead atoms. The summed E-state index contributed by atoms with van der Waals surface area (Å²) in [7, 11) is 1.70. The van der Waals surface area contributed by atoms with Crippen LogP contribution in [0, 0.1) is 0 Å². The maximum Gasteiger partial charge on any atom is 0.245 e. The van der Waals surface area contributed by atoms with Crippen molar-refractivity contribution in [1.29, 1.82) is 0 Å². The summed E-state index contributed by atoms with van der Waals surface area (Å²) in [6.45, 7) is 2.50. The van der Waals surface area contributed by atoms with Gasteiger partial charge in [0, 0.05) is 18.3 Å². The highest BCUT2D eigenvalue weighted by atomic mass is 35.5. The number of alkyl halides is 1. The zero-order valence-electron chi connectivity index (χ0n) is 10.8. The minimum absolute atomic E-state index is 0.107. The van der Waals surface area contributed by atoms with E-state index in [0.29, 0.717) is 18.1 Å². The number of hydrogen-bond donors (Lipinski definition) is 0. The lowest BCUT2D eigenvalue weighted by Gasteiger charge is -2.28. The van der Waals surface area contributed by atoms with Crippen LogP contribution in [0.4, 0.5) is 0 Å². The second-order valence-corrected chi connectivity index (χ2v) is 5.20. The Morgan fingerprint density at radius 1 is 1.47 bits per heavy atom. The van der Waals surface area contributed by atoms with E-state index in [1.807, 2.05) is 25.1 Å². The Morgan fingerprint density at radius 2 is 2.21 bits per heavy atom. The fourth-order valence-corrected chi connectivity index (χ4v) is 2.54. The topological polar surface area (TPSA) is 29.5 Å². The first-order valence-electron chi connectivity index (χ1n) is 6.09. The van der Waals surface area contributed by atoms with Crippen LogP contribution in [0.3, 0.4) is 0 Å². The molecular weight excluding hydrogens is 285 g/mol. The van der Waals surface area contributed by atoms with E-state index in [2.05, 4.69) is 0 Å². The Morgan fingerprint density at radius 3 is 2.84 bits per heavy atom. The molecule has 1 aliphatic heterocycles. The van der Waals surface area contributed by atoms with E-state index in [9.17, 15) is 4.79 Å². The molecule has 1 aliphatic rings. The predicted octanol–water partition coefficient (Wildman–Crippen LogP) is 3.55. The number of halogens is 2. The summed E-state index contributed by atoms with van der Waals surface area (Å²) >= 11 is 12.2. The van der Waals surface area contributed by atoms with Gasteiger partial charge in [0.15, 0.2) is 0 Å². The molecule has 1 aromatic rings. The van der Waals surface area contributed by atoms with Crippen molar-refractivity contribution in [2.75, 3.05) is 13.7 Å². The number of rotatable bonds is 3. The number of carbonyl (C=O) groups is 1. The van der Waals surface area contributed by atoms with E-state index in [1.54, 1.807) is 18.0 Å². The van der Waals surface area contributed by atoms with Crippen molar-refractivity contribution in [2.24, 2.45) is 0 Å². The van der Waals surface area contributed by atoms with Crippen molar-refractivity contribution < 1.29 is 9.53 Å². The fraction of sp³-hybridized carbons (Fsp3) is 0.357. The first-order chi connectivity index (χ1) is 9.04. The first-order valence-corrected chi connectivity index (χ1v) is 6.90. The van der Waals surface area contributed by atoms with Crippen LogP contribution < -0.4 is 4.74 Å². The number of allylic oxidation sites excluding steroid dienone is 1. The minimum atomic E-state index is -0.491. The average Bonchev–Trinajstić information content (AvgIpc) is 2.38. The Hall–Kier alpha value is -1.19. The zero-order valence-corrected chi connectivity index (χ0v) is 12.3.